The van der Waals surface area contributed by atoms with Gasteiger partial charge in [-0.1, -0.05) is 6.07 Å². The molecule has 5 rings (SSSR count). The van der Waals surface area contributed by atoms with Gasteiger partial charge < -0.3 is 20.3 Å². The summed E-state index contributed by atoms with van der Waals surface area (Å²) >= 11 is 0. The second kappa shape index (κ2) is 12.2. The number of anilines is 1. The number of carbonyl (C=O) groups excluding carboxylic acids is 3. The third-order valence-corrected chi connectivity index (χ3v) is 8.01. The number of urea groups is 1. The number of methoxy groups -OCH3 is 1. The summed E-state index contributed by atoms with van der Waals surface area (Å²) in [7, 11) is 1.28. The number of fused-ring (bicyclic) bond motifs is 1. The van der Waals surface area contributed by atoms with Crippen LogP contribution >= 0.6 is 0 Å². The van der Waals surface area contributed by atoms with Gasteiger partial charge in [-0.2, -0.15) is 0 Å². The fourth-order valence-electron chi connectivity index (χ4n) is 5.57. The molecule has 1 saturated carbocycles. The number of piperidine rings is 1. The van der Waals surface area contributed by atoms with Crippen LogP contribution in [0.3, 0.4) is 0 Å². The van der Waals surface area contributed by atoms with Gasteiger partial charge in [0.15, 0.2) is 0 Å². The maximum atomic E-state index is 13.4. The normalized spacial score (nSPS) is 16.9. The predicted octanol–water partition coefficient (Wildman–Crippen LogP) is 3.76. The minimum Gasteiger partial charge on any atom is -0.465 e. The zero-order valence-corrected chi connectivity index (χ0v) is 24.2. The second-order valence-corrected chi connectivity index (χ2v) is 11.4. The molecule has 0 spiro atoms. The van der Waals surface area contributed by atoms with E-state index in [0.717, 1.165) is 32.1 Å². The minimum absolute atomic E-state index is 0.140. The van der Waals surface area contributed by atoms with Crippen LogP contribution in [0.5, 0.6) is 0 Å². The van der Waals surface area contributed by atoms with E-state index in [4.69, 9.17) is 4.74 Å². The Bertz CT molecular complexity index is 1640. The molecule has 3 amide bonds. The van der Waals surface area contributed by atoms with Gasteiger partial charge in [0.1, 0.15) is 0 Å². The SMILES string of the molecule is COC(=O)c1cccc(C(=O)NCC2CCCCN2C(=O)Nc2ccc3c(c2)c(=O)n(CC2CC2)c(=O)n3C(C)C)c1. The highest BCUT2D eigenvalue weighted by Crippen LogP contribution is 2.30. The molecule has 42 heavy (non-hydrogen) atoms. The molecule has 1 atom stereocenters. The standard InChI is InChI=1S/C31H37N5O6/c1-19(2)36-26-13-12-23(16-25(26)28(38)35(31(36)41)18-20-10-11-20)33-30(40)34-14-5-4-9-24(34)17-32-27(37)21-7-6-8-22(15-21)29(39)42-3/h6-8,12-13,15-16,19-20,24H,4-5,9-11,14,17-18H2,1-3H3,(H,32,37)(H,33,40). The van der Waals surface area contributed by atoms with Crippen molar-refractivity contribution in [3.05, 3.63) is 74.4 Å². The minimum atomic E-state index is -0.525. The van der Waals surface area contributed by atoms with Crippen molar-refractivity contribution in [3.63, 3.8) is 0 Å². The number of rotatable bonds is 8. The van der Waals surface area contributed by atoms with Gasteiger partial charge in [0.2, 0.25) is 0 Å². The quantitative estimate of drug-likeness (QED) is 0.393. The van der Waals surface area contributed by atoms with E-state index in [1.165, 1.54) is 17.7 Å². The Morgan fingerprint density at radius 3 is 2.48 bits per heavy atom. The lowest BCUT2D eigenvalue weighted by Gasteiger charge is -2.35. The van der Waals surface area contributed by atoms with Crippen molar-refractivity contribution in [2.24, 2.45) is 5.92 Å². The fourth-order valence-corrected chi connectivity index (χ4v) is 5.57. The first-order chi connectivity index (χ1) is 20.2. The van der Waals surface area contributed by atoms with Crippen LogP contribution in [0.2, 0.25) is 0 Å². The molecule has 3 aromatic rings. The number of nitrogens with zero attached hydrogens (tertiary/aromatic N) is 3. The zero-order chi connectivity index (χ0) is 30.0. The largest absolute Gasteiger partial charge is 0.465 e. The molecule has 2 fully saturated rings. The summed E-state index contributed by atoms with van der Waals surface area (Å²) in [6, 6.07) is 10.7. The highest BCUT2D eigenvalue weighted by Gasteiger charge is 2.28. The highest BCUT2D eigenvalue weighted by atomic mass is 16.5. The lowest BCUT2D eigenvalue weighted by Crippen LogP contribution is -2.50. The first-order valence-corrected chi connectivity index (χ1v) is 14.5. The summed E-state index contributed by atoms with van der Waals surface area (Å²) in [6.45, 7) is 5.00. The van der Waals surface area contributed by atoms with Crippen molar-refractivity contribution in [1.29, 1.82) is 0 Å². The van der Waals surface area contributed by atoms with Crippen LogP contribution in [0, 0.1) is 5.92 Å². The molecule has 2 N–H and O–H groups in total. The highest BCUT2D eigenvalue weighted by molar-refractivity contribution is 5.98. The number of nitrogens with one attached hydrogen (secondary N) is 2. The number of ether oxygens (including phenoxy) is 1. The van der Waals surface area contributed by atoms with E-state index in [0.29, 0.717) is 41.2 Å². The number of aromatic nitrogens is 2. The van der Waals surface area contributed by atoms with E-state index in [2.05, 4.69) is 10.6 Å². The van der Waals surface area contributed by atoms with E-state index in [9.17, 15) is 24.0 Å². The van der Waals surface area contributed by atoms with Crippen LogP contribution in [-0.2, 0) is 11.3 Å². The summed E-state index contributed by atoms with van der Waals surface area (Å²) in [5, 5.41) is 6.21. The van der Waals surface area contributed by atoms with Crippen molar-refractivity contribution in [2.75, 3.05) is 25.5 Å². The number of carbonyl (C=O) groups is 3. The molecule has 2 heterocycles. The molecule has 2 aliphatic rings. The van der Waals surface area contributed by atoms with Gasteiger partial charge in [-0.3, -0.25) is 18.7 Å². The van der Waals surface area contributed by atoms with E-state index in [1.807, 2.05) is 13.8 Å². The topological polar surface area (TPSA) is 132 Å². The van der Waals surface area contributed by atoms with Gasteiger partial charge in [0.05, 0.1) is 29.6 Å². The molecular formula is C31H37N5O6. The van der Waals surface area contributed by atoms with Crippen LogP contribution in [0.4, 0.5) is 10.5 Å². The Balaban J connectivity index is 1.32. The molecule has 0 radical (unpaired) electrons. The Morgan fingerprint density at radius 2 is 1.76 bits per heavy atom. The van der Waals surface area contributed by atoms with Crippen LogP contribution in [0.15, 0.2) is 52.1 Å². The molecule has 11 heteroatoms. The summed E-state index contributed by atoms with van der Waals surface area (Å²) in [6.07, 6.45) is 4.51. The number of hydrogen-bond donors (Lipinski definition) is 2. The van der Waals surface area contributed by atoms with Crippen LogP contribution < -0.4 is 21.9 Å². The number of amides is 3. The number of hydrogen-bond acceptors (Lipinski definition) is 6. The van der Waals surface area contributed by atoms with E-state index < -0.39 is 5.97 Å². The Kier molecular flexibility index (Phi) is 8.46. The maximum Gasteiger partial charge on any atom is 0.337 e. The van der Waals surface area contributed by atoms with E-state index in [1.54, 1.807) is 45.9 Å². The van der Waals surface area contributed by atoms with Crippen molar-refractivity contribution < 1.29 is 19.1 Å². The summed E-state index contributed by atoms with van der Waals surface area (Å²) in [5.74, 6) is -0.521. The molecule has 1 aliphatic carbocycles. The number of benzene rings is 2. The van der Waals surface area contributed by atoms with Gasteiger partial charge in [-0.25, -0.2) is 14.4 Å². The third kappa shape index (κ3) is 6.09. The Morgan fingerprint density at radius 1 is 1.00 bits per heavy atom. The molecule has 1 aromatic heterocycles. The van der Waals surface area contributed by atoms with Crippen molar-refractivity contribution in [3.8, 4) is 0 Å². The first-order valence-electron chi connectivity index (χ1n) is 14.5. The molecule has 222 valence electrons. The monoisotopic (exact) mass is 575 g/mol. The number of likely N-dealkylation sites (tertiary alicyclic amines) is 1. The third-order valence-electron chi connectivity index (χ3n) is 8.01. The second-order valence-electron chi connectivity index (χ2n) is 11.4. The van der Waals surface area contributed by atoms with Crippen molar-refractivity contribution in [1.82, 2.24) is 19.4 Å². The Labute approximate surface area is 243 Å². The van der Waals surface area contributed by atoms with Crippen LogP contribution in [0.25, 0.3) is 10.9 Å². The Hall–Kier alpha value is -4.41. The average Bonchev–Trinajstić information content (AvgIpc) is 3.82. The molecular weight excluding hydrogens is 538 g/mol. The van der Waals surface area contributed by atoms with Gasteiger partial charge in [0, 0.05) is 36.9 Å². The van der Waals surface area contributed by atoms with Crippen molar-refractivity contribution in [2.45, 2.75) is 64.6 Å². The summed E-state index contributed by atoms with van der Waals surface area (Å²) in [5.41, 5.74) is 0.965. The van der Waals surface area contributed by atoms with E-state index in [-0.39, 0.29) is 47.4 Å². The molecule has 1 saturated heterocycles. The van der Waals surface area contributed by atoms with Gasteiger partial charge in [-0.05, 0) is 88.3 Å². The molecule has 1 aliphatic heterocycles. The lowest BCUT2D eigenvalue weighted by atomic mass is 10.0. The molecule has 2 aromatic carbocycles. The smallest absolute Gasteiger partial charge is 0.337 e. The zero-order valence-electron chi connectivity index (χ0n) is 24.2. The molecule has 1 unspecified atom stereocenters. The molecule has 11 nitrogen and oxygen atoms in total. The van der Waals surface area contributed by atoms with E-state index >= 15 is 0 Å². The average molecular weight is 576 g/mol. The summed E-state index contributed by atoms with van der Waals surface area (Å²) < 4.78 is 7.70. The van der Waals surface area contributed by atoms with Gasteiger partial charge in [-0.15, -0.1) is 0 Å². The van der Waals surface area contributed by atoms with Crippen LogP contribution in [0.1, 0.15) is 72.7 Å². The summed E-state index contributed by atoms with van der Waals surface area (Å²) in [4.78, 5) is 66.4. The fraction of sp³-hybridized carbons (Fsp3) is 0.452. The lowest BCUT2D eigenvalue weighted by molar-refractivity contribution is 0.0600. The van der Waals surface area contributed by atoms with Crippen LogP contribution in [-0.4, -0.2) is 58.2 Å². The van der Waals surface area contributed by atoms with Crippen molar-refractivity contribution >= 4 is 34.5 Å². The predicted molar refractivity (Wildman–Crippen MR) is 159 cm³/mol. The first kappa shape index (κ1) is 29.1. The van der Waals surface area contributed by atoms with Gasteiger partial charge >= 0.3 is 17.7 Å². The van der Waals surface area contributed by atoms with Gasteiger partial charge in [0.25, 0.3) is 11.5 Å². The number of esters is 1. The maximum absolute atomic E-state index is 13.4. The molecule has 0 bridgehead atoms.